The third-order valence-electron chi connectivity index (χ3n) is 7.12. The van der Waals surface area contributed by atoms with Crippen LogP contribution < -0.4 is 10.1 Å². The van der Waals surface area contributed by atoms with Crippen LogP contribution in [0.25, 0.3) is 0 Å². The first kappa shape index (κ1) is 49.0. The first-order valence-electron chi connectivity index (χ1n) is 19.0. The maximum absolute atomic E-state index is 11.4. The summed E-state index contributed by atoms with van der Waals surface area (Å²) in [4.78, 5) is 35.0. The standard InChI is InChI=1S/C38H62N2O16/c1-34(41)39-35-2-4-36(5-3-35)56-33-32-55-31-30-54-29-28-53-27-26-52-25-24-51-23-22-50-21-20-49-19-18-48-17-16-47-15-14-46-13-12-45-11-10-44-9-8-40-37(42)6-7-38(40)43/h2-7H,8-33H2,1H3,(H,39,41). The molecule has 0 saturated heterocycles. The normalized spacial score (nSPS) is 12.6. The molecule has 0 radical (unpaired) electrons. The van der Waals surface area contributed by atoms with Crippen molar-refractivity contribution < 1.29 is 76.0 Å². The second kappa shape index (κ2) is 36.2. The molecule has 1 aromatic rings. The van der Waals surface area contributed by atoms with Gasteiger partial charge in [-0.2, -0.15) is 0 Å². The third kappa shape index (κ3) is 29.2. The lowest BCUT2D eigenvalue weighted by Gasteiger charge is -2.13. The summed E-state index contributed by atoms with van der Waals surface area (Å²) in [6, 6.07) is 7.16. The third-order valence-corrected chi connectivity index (χ3v) is 7.12. The maximum atomic E-state index is 11.4. The van der Waals surface area contributed by atoms with Gasteiger partial charge in [0.15, 0.2) is 0 Å². The SMILES string of the molecule is CC(=O)Nc1ccc(OCCOCCOCCOCCOCCOCCOCCOCCOCCOCCOCCOCCOCCN2C(=O)C=CC2=O)cc1. The molecule has 1 heterocycles. The van der Waals surface area contributed by atoms with Crippen molar-refractivity contribution in [1.29, 1.82) is 0 Å². The summed E-state index contributed by atoms with van der Waals surface area (Å²) in [5.74, 6) is -0.0246. The van der Waals surface area contributed by atoms with Gasteiger partial charge in [-0.05, 0) is 24.3 Å². The Bertz CT molecular complexity index is 1130. The van der Waals surface area contributed by atoms with E-state index in [0.717, 1.165) is 10.6 Å². The second-order valence-electron chi connectivity index (χ2n) is 11.6. The fraction of sp³-hybridized carbons (Fsp3) is 0.711. The van der Waals surface area contributed by atoms with Crippen molar-refractivity contribution in [1.82, 2.24) is 4.90 Å². The Hall–Kier alpha value is -3.11. The molecular formula is C38H62N2O16. The Morgan fingerprint density at radius 1 is 0.429 bits per heavy atom. The summed E-state index contributed by atoms with van der Waals surface area (Å²) in [5.41, 5.74) is 0.726. The Morgan fingerprint density at radius 3 is 0.982 bits per heavy atom. The van der Waals surface area contributed by atoms with Crippen molar-refractivity contribution in [2.75, 3.05) is 177 Å². The van der Waals surface area contributed by atoms with E-state index in [2.05, 4.69) is 5.32 Å². The number of anilines is 1. The molecule has 320 valence electrons. The minimum Gasteiger partial charge on any atom is -0.491 e. The van der Waals surface area contributed by atoms with E-state index in [1.165, 1.54) is 19.1 Å². The second-order valence-corrected chi connectivity index (χ2v) is 11.6. The topological polar surface area (TPSA) is 186 Å². The highest BCUT2D eigenvalue weighted by Crippen LogP contribution is 2.15. The van der Waals surface area contributed by atoms with E-state index in [9.17, 15) is 14.4 Å². The fourth-order valence-corrected chi connectivity index (χ4v) is 4.38. The summed E-state index contributed by atoms with van der Waals surface area (Å²) >= 11 is 0. The average molecular weight is 803 g/mol. The zero-order chi connectivity index (χ0) is 40.0. The highest BCUT2D eigenvalue weighted by Gasteiger charge is 2.22. The fourth-order valence-electron chi connectivity index (χ4n) is 4.38. The van der Waals surface area contributed by atoms with E-state index in [1.54, 1.807) is 24.3 Å². The Balaban J connectivity index is 1.14. The van der Waals surface area contributed by atoms with E-state index < -0.39 is 0 Å². The van der Waals surface area contributed by atoms with Gasteiger partial charge in [0.2, 0.25) is 5.91 Å². The maximum Gasteiger partial charge on any atom is 0.253 e. The molecule has 0 aromatic heterocycles. The van der Waals surface area contributed by atoms with E-state index in [1.807, 2.05) is 0 Å². The lowest BCUT2D eigenvalue weighted by molar-refractivity contribution is -0.137. The average Bonchev–Trinajstić information content (AvgIpc) is 3.51. The molecule has 1 N–H and O–H groups in total. The van der Waals surface area contributed by atoms with Crippen LogP contribution in [-0.4, -0.2) is 194 Å². The van der Waals surface area contributed by atoms with E-state index in [-0.39, 0.29) is 30.9 Å². The van der Waals surface area contributed by atoms with Gasteiger partial charge in [-0.1, -0.05) is 0 Å². The molecule has 0 atom stereocenters. The quantitative estimate of drug-likeness (QED) is 0.0734. The van der Waals surface area contributed by atoms with Crippen LogP contribution >= 0.6 is 0 Å². The molecule has 1 aromatic carbocycles. The Labute approximate surface area is 330 Å². The minimum atomic E-state index is -0.311. The van der Waals surface area contributed by atoms with Gasteiger partial charge >= 0.3 is 0 Å². The number of carbonyl (C=O) groups is 3. The van der Waals surface area contributed by atoms with E-state index >= 15 is 0 Å². The zero-order valence-corrected chi connectivity index (χ0v) is 32.8. The number of hydrogen-bond donors (Lipinski definition) is 1. The number of nitrogens with one attached hydrogen (secondary N) is 1. The molecule has 3 amide bonds. The number of hydrogen-bond acceptors (Lipinski definition) is 16. The summed E-state index contributed by atoms with van der Waals surface area (Å²) in [7, 11) is 0. The van der Waals surface area contributed by atoms with Gasteiger partial charge in [-0.15, -0.1) is 0 Å². The van der Waals surface area contributed by atoms with Crippen LogP contribution in [-0.2, 0) is 71.2 Å². The first-order valence-corrected chi connectivity index (χ1v) is 19.0. The van der Waals surface area contributed by atoms with Crippen LogP contribution in [0.5, 0.6) is 5.75 Å². The van der Waals surface area contributed by atoms with E-state index in [4.69, 9.17) is 61.6 Å². The molecular weight excluding hydrogens is 740 g/mol. The van der Waals surface area contributed by atoms with Crippen molar-refractivity contribution in [2.24, 2.45) is 0 Å². The number of imide groups is 1. The number of amides is 3. The number of benzene rings is 1. The Morgan fingerprint density at radius 2 is 0.696 bits per heavy atom. The van der Waals surface area contributed by atoms with Crippen LogP contribution in [0, 0.1) is 0 Å². The summed E-state index contributed by atoms with van der Waals surface area (Å²) in [6.45, 7) is 13.1. The molecule has 2 rings (SSSR count). The van der Waals surface area contributed by atoms with Crippen LogP contribution in [0.1, 0.15) is 6.92 Å². The molecule has 0 spiro atoms. The lowest BCUT2D eigenvalue weighted by atomic mass is 10.3. The molecule has 1 aliphatic rings. The van der Waals surface area contributed by atoms with Crippen molar-refractivity contribution in [2.45, 2.75) is 6.92 Å². The molecule has 18 heteroatoms. The van der Waals surface area contributed by atoms with Crippen LogP contribution in [0.4, 0.5) is 5.69 Å². The zero-order valence-electron chi connectivity index (χ0n) is 32.8. The van der Waals surface area contributed by atoms with Crippen LogP contribution in [0.15, 0.2) is 36.4 Å². The summed E-state index contributed by atoms with van der Waals surface area (Å²) in [5, 5.41) is 2.71. The predicted molar refractivity (Wildman–Crippen MR) is 202 cm³/mol. The lowest BCUT2D eigenvalue weighted by Crippen LogP contribution is -2.33. The molecule has 0 bridgehead atoms. The minimum absolute atomic E-state index is 0.113. The molecule has 56 heavy (non-hydrogen) atoms. The van der Waals surface area contributed by atoms with Crippen LogP contribution in [0.2, 0.25) is 0 Å². The van der Waals surface area contributed by atoms with Crippen LogP contribution in [0.3, 0.4) is 0 Å². The summed E-state index contributed by atoms with van der Waals surface area (Å²) in [6.07, 6.45) is 2.51. The number of rotatable bonds is 41. The van der Waals surface area contributed by atoms with Gasteiger partial charge in [0, 0.05) is 24.8 Å². The van der Waals surface area contributed by atoms with Crippen molar-refractivity contribution in [3.8, 4) is 5.75 Å². The first-order chi connectivity index (χ1) is 27.6. The molecule has 1 aliphatic heterocycles. The number of ether oxygens (including phenoxy) is 13. The largest absolute Gasteiger partial charge is 0.491 e. The molecule has 0 unspecified atom stereocenters. The van der Waals surface area contributed by atoms with Gasteiger partial charge in [0.25, 0.3) is 11.8 Å². The molecule has 18 nitrogen and oxygen atoms in total. The van der Waals surface area contributed by atoms with E-state index in [0.29, 0.717) is 164 Å². The summed E-state index contributed by atoms with van der Waals surface area (Å²) < 4.78 is 71.2. The number of nitrogens with zero attached hydrogens (tertiary/aromatic N) is 1. The van der Waals surface area contributed by atoms with Gasteiger partial charge in [0.05, 0.1) is 165 Å². The monoisotopic (exact) mass is 802 g/mol. The number of carbonyl (C=O) groups excluding carboxylic acids is 3. The van der Waals surface area contributed by atoms with Gasteiger partial charge in [0.1, 0.15) is 12.4 Å². The van der Waals surface area contributed by atoms with Gasteiger partial charge < -0.3 is 66.9 Å². The highest BCUT2D eigenvalue weighted by atomic mass is 16.6. The molecule has 0 aliphatic carbocycles. The molecule has 0 fully saturated rings. The highest BCUT2D eigenvalue weighted by molar-refractivity contribution is 6.12. The van der Waals surface area contributed by atoms with Gasteiger partial charge in [-0.25, -0.2) is 0 Å². The predicted octanol–water partition coefficient (Wildman–Crippen LogP) is 1.15. The van der Waals surface area contributed by atoms with Gasteiger partial charge in [-0.3, -0.25) is 19.3 Å². The van der Waals surface area contributed by atoms with Crippen molar-refractivity contribution in [3.05, 3.63) is 36.4 Å². The Kier molecular flexibility index (Phi) is 31.7. The molecule has 0 saturated carbocycles. The smallest absolute Gasteiger partial charge is 0.253 e. The van der Waals surface area contributed by atoms with Crippen molar-refractivity contribution in [3.63, 3.8) is 0 Å². The van der Waals surface area contributed by atoms with Crippen molar-refractivity contribution >= 4 is 23.4 Å².